The third kappa shape index (κ3) is 2.61. The second-order valence-corrected chi connectivity index (χ2v) is 5.49. The van der Waals surface area contributed by atoms with Gasteiger partial charge in [-0.1, -0.05) is 19.9 Å². The SMILES string of the molecule is CC(C)c1ccc(C(=O)N2CCC[C@@H]2C(N)=O)c(O)c1. The fraction of sp³-hybridized carbons (Fsp3) is 0.467. The zero-order chi connectivity index (χ0) is 14.9. The molecule has 20 heavy (non-hydrogen) atoms. The van der Waals surface area contributed by atoms with Crippen LogP contribution in [0.4, 0.5) is 0 Å². The third-order valence-electron chi connectivity index (χ3n) is 3.76. The first-order chi connectivity index (χ1) is 9.41. The van der Waals surface area contributed by atoms with E-state index in [1.54, 1.807) is 12.1 Å². The fourth-order valence-electron chi connectivity index (χ4n) is 2.55. The third-order valence-corrected chi connectivity index (χ3v) is 3.76. The van der Waals surface area contributed by atoms with Crippen molar-refractivity contribution in [3.8, 4) is 5.75 Å². The minimum absolute atomic E-state index is 0.0451. The van der Waals surface area contributed by atoms with Gasteiger partial charge in [0, 0.05) is 6.54 Å². The summed E-state index contributed by atoms with van der Waals surface area (Å²) < 4.78 is 0. The summed E-state index contributed by atoms with van der Waals surface area (Å²) in [6.45, 7) is 4.53. The van der Waals surface area contributed by atoms with Crippen LogP contribution in [0.25, 0.3) is 0 Å². The lowest BCUT2D eigenvalue weighted by molar-refractivity contribution is -0.121. The number of carbonyl (C=O) groups excluding carboxylic acids is 2. The van der Waals surface area contributed by atoms with Crippen LogP contribution < -0.4 is 5.73 Å². The number of carbonyl (C=O) groups is 2. The summed E-state index contributed by atoms with van der Waals surface area (Å²) >= 11 is 0. The summed E-state index contributed by atoms with van der Waals surface area (Å²) in [4.78, 5) is 25.2. The van der Waals surface area contributed by atoms with Gasteiger partial charge < -0.3 is 15.7 Å². The molecule has 3 N–H and O–H groups in total. The Bertz CT molecular complexity index is 540. The highest BCUT2D eigenvalue weighted by Gasteiger charge is 2.34. The molecule has 1 heterocycles. The topological polar surface area (TPSA) is 83.6 Å². The quantitative estimate of drug-likeness (QED) is 0.879. The Morgan fingerprint density at radius 3 is 2.65 bits per heavy atom. The van der Waals surface area contributed by atoms with Crippen LogP contribution in [0.15, 0.2) is 18.2 Å². The number of hydrogen-bond acceptors (Lipinski definition) is 3. The summed E-state index contributed by atoms with van der Waals surface area (Å²) in [5.41, 5.74) is 6.50. The molecule has 1 fully saturated rings. The number of benzene rings is 1. The van der Waals surface area contributed by atoms with Gasteiger partial charge in [0.2, 0.25) is 5.91 Å². The van der Waals surface area contributed by atoms with Crippen molar-refractivity contribution in [1.82, 2.24) is 4.90 Å². The number of phenolic OH excluding ortho intramolecular Hbond substituents is 1. The molecule has 0 radical (unpaired) electrons. The molecule has 2 amide bonds. The maximum absolute atomic E-state index is 12.4. The number of primary amides is 1. The van der Waals surface area contributed by atoms with E-state index >= 15 is 0 Å². The zero-order valence-electron chi connectivity index (χ0n) is 11.8. The van der Waals surface area contributed by atoms with Gasteiger partial charge in [-0.2, -0.15) is 0 Å². The van der Waals surface area contributed by atoms with Gasteiger partial charge in [-0.3, -0.25) is 9.59 Å². The smallest absolute Gasteiger partial charge is 0.258 e. The molecule has 5 heteroatoms. The fourth-order valence-corrected chi connectivity index (χ4v) is 2.55. The molecule has 108 valence electrons. The van der Waals surface area contributed by atoms with Gasteiger partial charge in [0.15, 0.2) is 0 Å². The molecule has 1 saturated heterocycles. The molecular formula is C15H20N2O3. The van der Waals surface area contributed by atoms with Crippen molar-refractivity contribution in [2.45, 2.75) is 38.6 Å². The zero-order valence-corrected chi connectivity index (χ0v) is 11.8. The van der Waals surface area contributed by atoms with Crippen LogP contribution in [0.3, 0.4) is 0 Å². The van der Waals surface area contributed by atoms with Crippen LogP contribution >= 0.6 is 0 Å². The molecule has 5 nitrogen and oxygen atoms in total. The lowest BCUT2D eigenvalue weighted by atomic mass is 10.0. The van der Waals surface area contributed by atoms with Crippen molar-refractivity contribution >= 4 is 11.8 Å². The van der Waals surface area contributed by atoms with Gasteiger partial charge >= 0.3 is 0 Å². The van der Waals surface area contributed by atoms with Crippen molar-refractivity contribution in [3.63, 3.8) is 0 Å². The first kappa shape index (κ1) is 14.4. The number of aromatic hydroxyl groups is 1. The van der Waals surface area contributed by atoms with E-state index in [9.17, 15) is 14.7 Å². The molecule has 1 aliphatic rings. The Hall–Kier alpha value is -2.04. The molecule has 2 rings (SSSR count). The molecular weight excluding hydrogens is 256 g/mol. The van der Waals surface area contributed by atoms with Gasteiger partial charge in [-0.25, -0.2) is 0 Å². The highest BCUT2D eigenvalue weighted by molar-refractivity contribution is 5.99. The molecule has 0 saturated carbocycles. The van der Waals surface area contributed by atoms with Gasteiger partial charge in [-0.05, 0) is 36.5 Å². The lowest BCUT2D eigenvalue weighted by Gasteiger charge is -2.22. The van der Waals surface area contributed by atoms with Crippen molar-refractivity contribution in [2.24, 2.45) is 5.73 Å². The molecule has 1 aromatic rings. The second kappa shape index (κ2) is 5.53. The number of likely N-dealkylation sites (tertiary alicyclic amines) is 1. The number of nitrogens with zero attached hydrogens (tertiary/aromatic N) is 1. The van der Waals surface area contributed by atoms with Crippen LogP contribution in [0, 0.1) is 0 Å². The Labute approximate surface area is 118 Å². The highest BCUT2D eigenvalue weighted by Crippen LogP contribution is 2.27. The van der Waals surface area contributed by atoms with Gasteiger partial charge in [-0.15, -0.1) is 0 Å². The van der Waals surface area contributed by atoms with Crippen molar-refractivity contribution in [1.29, 1.82) is 0 Å². The van der Waals surface area contributed by atoms with Crippen molar-refractivity contribution in [2.75, 3.05) is 6.54 Å². The minimum Gasteiger partial charge on any atom is -0.507 e. The van der Waals surface area contributed by atoms with E-state index in [-0.39, 0.29) is 23.1 Å². The van der Waals surface area contributed by atoms with Crippen LogP contribution in [0.5, 0.6) is 5.75 Å². The average molecular weight is 276 g/mol. The standard InChI is InChI=1S/C15H20N2O3/c1-9(2)10-5-6-11(13(18)8-10)15(20)17-7-3-4-12(17)14(16)19/h5-6,8-9,12,18H,3-4,7H2,1-2H3,(H2,16,19)/t12-/m1/s1. The normalized spacial score (nSPS) is 18.6. The molecule has 1 aliphatic heterocycles. The van der Waals surface area contributed by atoms with E-state index in [0.717, 1.165) is 12.0 Å². The molecule has 0 spiro atoms. The Morgan fingerprint density at radius 2 is 2.10 bits per heavy atom. The summed E-state index contributed by atoms with van der Waals surface area (Å²) in [7, 11) is 0. The summed E-state index contributed by atoms with van der Waals surface area (Å²) in [6.07, 6.45) is 1.34. The molecule has 0 aliphatic carbocycles. The van der Waals surface area contributed by atoms with Gasteiger partial charge in [0.25, 0.3) is 5.91 Å². The van der Waals surface area contributed by atoms with Crippen LogP contribution in [-0.4, -0.2) is 34.4 Å². The van der Waals surface area contributed by atoms with Crippen LogP contribution in [0.2, 0.25) is 0 Å². The predicted molar refractivity (Wildman–Crippen MR) is 75.4 cm³/mol. The van der Waals surface area contributed by atoms with Gasteiger partial charge in [0.05, 0.1) is 5.56 Å². The molecule has 0 bridgehead atoms. The maximum Gasteiger partial charge on any atom is 0.258 e. The predicted octanol–water partition coefficient (Wildman–Crippen LogP) is 1.61. The van der Waals surface area contributed by atoms with Gasteiger partial charge in [0.1, 0.15) is 11.8 Å². The average Bonchev–Trinajstić information content (AvgIpc) is 2.87. The molecule has 0 aromatic heterocycles. The largest absolute Gasteiger partial charge is 0.507 e. The van der Waals surface area contributed by atoms with Crippen LogP contribution in [0.1, 0.15) is 48.5 Å². The van der Waals surface area contributed by atoms with E-state index in [1.165, 1.54) is 4.90 Å². The summed E-state index contributed by atoms with van der Waals surface area (Å²) in [5, 5.41) is 10.0. The minimum atomic E-state index is -0.563. The Morgan fingerprint density at radius 1 is 1.40 bits per heavy atom. The van der Waals surface area contributed by atoms with E-state index in [0.29, 0.717) is 13.0 Å². The van der Waals surface area contributed by atoms with Crippen LogP contribution in [-0.2, 0) is 4.79 Å². The Kier molecular flexibility index (Phi) is 3.97. The van der Waals surface area contributed by atoms with E-state index in [2.05, 4.69) is 0 Å². The number of amides is 2. The monoisotopic (exact) mass is 276 g/mol. The molecule has 1 atom stereocenters. The number of rotatable bonds is 3. The molecule has 0 unspecified atom stereocenters. The number of phenols is 1. The first-order valence-corrected chi connectivity index (χ1v) is 6.85. The first-order valence-electron chi connectivity index (χ1n) is 6.85. The summed E-state index contributed by atoms with van der Waals surface area (Å²) in [6, 6.07) is 4.48. The van der Waals surface area contributed by atoms with Crippen molar-refractivity contribution < 1.29 is 14.7 Å². The number of nitrogens with two attached hydrogens (primary N) is 1. The lowest BCUT2D eigenvalue weighted by Crippen LogP contribution is -2.43. The van der Waals surface area contributed by atoms with Crippen molar-refractivity contribution in [3.05, 3.63) is 29.3 Å². The Balaban J connectivity index is 2.27. The van der Waals surface area contributed by atoms with E-state index in [4.69, 9.17) is 5.73 Å². The van der Waals surface area contributed by atoms with E-state index in [1.807, 2.05) is 19.9 Å². The second-order valence-electron chi connectivity index (χ2n) is 5.49. The van der Waals surface area contributed by atoms with E-state index < -0.39 is 11.9 Å². The highest BCUT2D eigenvalue weighted by atomic mass is 16.3. The molecule has 1 aromatic carbocycles. The summed E-state index contributed by atoms with van der Waals surface area (Å²) in [5.74, 6) is -0.597. The maximum atomic E-state index is 12.4. The number of hydrogen-bond donors (Lipinski definition) is 2.